The molecule has 1 unspecified atom stereocenters. The second-order valence-electron chi connectivity index (χ2n) is 7.61. The Balaban J connectivity index is 2.03. The zero-order valence-electron chi connectivity index (χ0n) is 17.5. The third-order valence-corrected chi connectivity index (χ3v) is 5.34. The minimum atomic E-state index is -0.0115. The summed E-state index contributed by atoms with van der Waals surface area (Å²) < 4.78 is 2.13. The average molecular weight is 378 g/mol. The van der Waals surface area contributed by atoms with E-state index in [4.69, 9.17) is 0 Å². The van der Waals surface area contributed by atoms with Crippen molar-refractivity contribution < 1.29 is 4.79 Å². The first kappa shape index (κ1) is 20.1. The molecule has 0 aliphatic rings. The van der Waals surface area contributed by atoms with Gasteiger partial charge >= 0.3 is 0 Å². The van der Waals surface area contributed by atoms with Crippen molar-refractivity contribution in [3.05, 3.63) is 71.2 Å². The highest BCUT2D eigenvalue weighted by molar-refractivity contribution is 5.78. The van der Waals surface area contributed by atoms with E-state index in [0.717, 1.165) is 37.3 Å². The molecule has 0 N–H and O–H groups in total. The average Bonchev–Trinajstić information content (AvgIpc) is 3.09. The molecule has 0 fully saturated rings. The van der Waals surface area contributed by atoms with E-state index in [9.17, 15) is 4.79 Å². The number of fused-ring (bicyclic) bond motifs is 1. The molecular weight excluding hydrogens is 346 g/mol. The van der Waals surface area contributed by atoms with Crippen molar-refractivity contribution >= 4 is 11.6 Å². The van der Waals surface area contributed by atoms with Crippen LogP contribution in [0.2, 0.25) is 0 Å². The molecule has 0 saturated carbocycles. The Labute approximate surface area is 168 Å². The standard InChI is InChI=1S/C24H31N3O/c1-5-12-26(13-6-2)24(28)16-21(20-10-8-7-9-19(20)4)22-17-25-23-15-18(3)11-14-27(22)23/h7-11,14-15,17,21H,5-6,12-13,16H2,1-4H3. The van der Waals surface area contributed by atoms with Crippen LogP contribution < -0.4 is 0 Å². The van der Waals surface area contributed by atoms with E-state index in [0.29, 0.717) is 6.42 Å². The Hall–Kier alpha value is -2.62. The summed E-state index contributed by atoms with van der Waals surface area (Å²) in [5.74, 6) is 0.210. The lowest BCUT2D eigenvalue weighted by Crippen LogP contribution is -2.33. The second-order valence-corrected chi connectivity index (χ2v) is 7.61. The highest BCUT2D eigenvalue weighted by Gasteiger charge is 2.25. The maximum Gasteiger partial charge on any atom is 0.223 e. The zero-order chi connectivity index (χ0) is 20.1. The molecule has 148 valence electrons. The van der Waals surface area contributed by atoms with Gasteiger partial charge in [-0.25, -0.2) is 4.98 Å². The van der Waals surface area contributed by atoms with Gasteiger partial charge in [0, 0.05) is 37.8 Å². The van der Waals surface area contributed by atoms with Gasteiger partial charge in [0.2, 0.25) is 5.91 Å². The summed E-state index contributed by atoms with van der Waals surface area (Å²) in [4.78, 5) is 19.8. The molecule has 1 aromatic carbocycles. The lowest BCUT2D eigenvalue weighted by atomic mass is 9.89. The number of rotatable bonds is 8. The predicted molar refractivity (Wildman–Crippen MR) is 115 cm³/mol. The van der Waals surface area contributed by atoms with E-state index < -0.39 is 0 Å². The topological polar surface area (TPSA) is 37.6 Å². The van der Waals surface area contributed by atoms with E-state index in [1.54, 1.807) is 0 Å². The highest BCUT2D eigenvalue weighted by Crippen LogP contribution is 2.31. The van der Waals surface area contributed by atoms with Crippen molar-refractivity contribution in [3.63, 3.8) is 0 Å². The first-order valence-corrected chi connectivity index (χ1v) is 10.3. The molecule has 2 heterocycles. The Morgan fingerprint density at radius 2 is 1.82 bits per heavy atom. The number of aryl methyl sites for hydroxylation is 2. The number of benzene rings is 1. The monoisotopic (exact) mass is 377 g/mol. The van der Waals surface area contributed by atoms with Crippen LogP contribution in [-0.2, 0) is 4.79 Å². The number of imidazole rings is 1. The first-order valence-electron chi connectivity index (χ1n) is 10.3. The fraction of sp³-hybridized carbons (Fsp3) is 0.417. The van der Waals surface area contributed by atoms with Gasteiger partial charge in [0.25, 0.3) is 0 Å². The van der Waals surface area contributed by atoms with Crippen molar-refractivity contribution in [3.8, 4) is 0 Å². The Morgan fingerprint density at radius 3 is 2.50 bits per heavy atom. The van der Waals surface area contributed by atoms with Gasteiger partial charge in [0.1, 0.15) is 5.65 Å². The number of carbonyl (C=O) groups is 1. The quantitative estimate of drug-likeness (QED) is 0.546. The van der Waals surface area contributed by atoms with Crippen molar-refractivity contribution in [1.82, 2.24) is 14.3 Å². The van der Waals surface area contributed by atoms with E-state index >= 15 is 0 Å². The molecule has 1 atom stereocenters. The molecule has 0 radical (unpaired) electrons. The van der Waals surface area contributed by atoms with Crippen LogP contribution in [0.3, 0.4) is 0 Å². The Morgan fingerprint density at radius 1 is 1.11 bits per heavy atom. The summed E-state index contributed by atoms with van der Waals surface area (Å²) in [6, 6.07) is 12.6. The summed E-state index contributed by atoms with van der Waals surface area (Å²) in [6.07, 6.45) is 6.43. The summed E-state index contributed by atoms with van der Waals surface area (Å²) in [6.45, 7) is 10.1. The van der Waals surface area contributed by atoms with Gasteiger partial charge in [-0.2, -0.15) is 0 Å². The maximum absolute atomic E-state index is 13.2. The molecule has 2 aromatic heterocycles. The molecule has 0 saturated heterocycles. The van der Waals surface area contributed by atoms with Gasteiger partial charge in [0.05, 0.1) is 5.69 Å². The van der Waals surface area contributed by atoms with Gasteiger partial charge < -0.3 is 9.30 Å². The Kier molecular flexibility index (Phi) is 6.50. The number of aromatic nitrogens is 2. The van der Waals surface area contributed by atoms with Gasteiger partial charge in [-0.15, -0.1) is 0 Å². The van der Waals surface area contributed by atoms with Gasteiger partial charge in [-0.05, 0) is 55.5 Å². The maximum atomic E-state index is 13.2. The number of nitrogens with zero attached hydrogens (tertiary/aromatic N) is 3. The third kappa shape index (κ3) is 4.27. The summed E-state index contributed by atoms with van der Waals surface area (Å²) >= 11 is 0. The van der Waals surface area contributed by atoms with Gasteiger partial charge in [-0.3, -0.25) is 4.79 Å². The number of hydrogen-bond donors (Lipinski definition) is 0. The van der Waals surface area contributed by atoms with Crippen molar-refractivity contribution in [2.24, 2.45) is 0 Å². The number of pyridine rings is 1. The van der Waals surface area contributed by atoms with Crippen LogP contribution in [0.5, 0.6) is 0 Å². The van der Waals surface area contributed by atoms with Crippen LogP contribution in [-0.4, -0.2) is 33.3 Å². The largest absolute Gasteiger partial charge is 0.343 e. The normalized spacial score (nSPS) is 12.3. The van der Waals surface area contributed by atoms with Crippen LogP contribution in [0.15, 0.2) is 48.8 Å². The third-order valence-electron chi connectivity index (χ3n) is 5.34. The molecule has 28 heavy (non-hydrogen) atoms. The van der Waals surface area contributed by atoms with Gasteiger partial charge in [-0.1, -0.05) is 38.1 Å². The smallest absolute Gasteiger partial charge is 0.223 e. The Bertz CT molecular complexity index is 938. The van der Waals surface area contributed by atoms with Crippen molar-refractivity contribution in [2.45, 2.75) is 52.9 Å². The fourth-order valence-corrected chi connectivity index (χ4v) is 3.92. The number of carbonyl (C=O) groups excluding carboxylic acids is 1. The van der Waals surface area contributed by atoms with E-state index in [1.807, 2.05) is 11.1 Å². The van der Waals surface area contributed by atoms with E-state index in [2.05, 4.69) is 79.7 Å². The van der Waals surface area contributed by atoms with Crippen molar-refractivity contribution in [1.29, 1.82) is 0 Å². The molecule has 1 amide bonds. The molecular formula is C24H31N3O. The molecule has 3 aromatic rings. The molecule has 4 nitrogen and oxygen atoms in total. The fourth-order valence-electron chi connectivity index (χ4n) is 3.92. The van der Waals surface area contributed by atoms with E-state index in [1.165, 1.54) is 16.7 Å². The number of hydrogen-bond acceptors (Lipinski definition) is 2. The molecule has 0 aliphatic carbocycles. The SMILES string of the molecule is CCCN(CCC)C(=O)CC(c1ccccc1C)c1cnc2cc(C)ccn12. The van der Waals surface area contributed by atoms with Crippen LogP contribution >= 0.6 is 0 Å². The van der Waals surface area contributed by atoms with Crippen LogP contribution in [0.4, 0.5) is 0 Å². The minimum absolute atomic E-state index is 0.0115. The first-order chi connectivity index (χ1) is 13.5. The lowest BCUT2D eigenvalue weighted by Gasteiger charge is -2.25. The summed E-state index contributed by atoms with van der Waals surface area (Å²) in [5, 5.41) is 0. The second kappa shape index (κ2) is 9.05. The van der Waals surface area contributed by atoms with Crippen molar-refractivity contribution in [2.75, 3.05) is 13.1 Å². The molecule has 3 rings (SSSR count). The minimum Gasteiger partial charge on any atom is -0.343 e. The lowest BCUT2D eigenvalue weighted by molar-refractivity contribution is -0.131. The molecule has 4 heteroatoms. The summed E-state index contributed by atoms with van der Waals surface area (Å²) in [5.41, 5.74) is 5.60. The molecule has 0 spiro atoms. The highest BCUT2D eigenvalue weighted by atomic mass is 16.2. The predicted octanol–water partition coefficient (Wildman–Crippen LogP) is 5.12. The van der Waals surface area contributed by atoms with Crippen LogP contribution in [0, 0.1) is 13.8 Å². The number of amides is 1. The van der Waals surface area contributed by atoms with E-state index in [-0.39, 0.29) is 11.8 Å². The van der Waals surface area contributed by atoms with Gasteiger partial charge in [0.15, 0.2) is 0 Å². The zero-order valence-corrected chi connectivity index (χ0v) is 17.5. The molecule has 0 aliphatic heterocycles. The van der Waals surface area contributed by atoms with Crippen LogP contribution in [0.1, 0.15) is 61.4 Å². The van der Waals surface area contributed by atoms with Crippen LogP contribution in [0.25, 0.3) is 5.65 Å². The summed E-state index contributed by atoms with van der Waals surface area (Å²) in [7, 11) is 0. The molecule has 0 bridgehead atoms.